The van der Waals surface area contributed by atoms with Crippen LogP contribution in [0.25, 0.3) is 11.2 Å². The van der Waals surface area contributed by atoms with Gasteiger partial charge < -0.3 is 10.6 Å². The normalized spacial score (nSPS) is 12.1. The summed E-state index contributed by atoms with van der Waals surface area (Å²) in [6.07, 6.45) is 6.19. The van der Waals surface area contributed by atoms with Crippen LogP contribution in [0.4, 0.5) is 20.3 Å². The number of fused-ring (bicyclic) bond motifs is 1. The molecule has 4 aromatic rings. The molecule has 0 fully saturated rings. The van der Waals surface area contributed by atoms with Gasteiger partial charge in [-0.1, -0.05) is 0 Å². The molecule has 2 N–H and O–H groups in total. The molecular weight excluding hydrogens is 418 g/mol. The predicted octanol–water partition coefficient (Wildman–Crippen LogP) is 3.58. The maximum Gasteiger partial charge on any atom is 0.258 e. The maximum atomic E-state index is 14.5. The van der Waals surface area contributed by atoms with Crippen LogP contribution in [-0.2, 0) is 13.1 Å². The molecule has 4 rings (SSSR count). The standard InChI is InChI=1S/C21H22F2N8O/c1-3-30-12-18-20(29-30)28-19(10-24-18)26-13(2)16-8-15(4-5-17(16)23)27-21(32)14-9-25-31(11-14)7-6-22/h4-5,8-13H,3,6-7H2,1-2H3,(H,27,32)(H,26,28,29)/t13-/m0/s1. The van der Waals surface area contributed by atoms with Crippen LogP contribution in [-0.4, -0.2) is 42.1 Å². The van der Waals surface area contributed by atoms with Crippen LogP contribution in [0.1, 0.15) is 35.8 Å². The highest BCUT2D eigenvalue weighted by Crippen LogP contribution is 2.25. The topological polar surface area (TPSA) is 103 Å². The second kappa shape index (κ2) is 9.08. The van der Waals surface area contributed by atoms with Crippen LogP contribution in [0, 0.1) is 5.82 Å². The lowest BCUT2D eigenvalue weighted by Crippen LogP contribution is -2.14. The summed E-state index contributed by atoms with van der Waals surface area (Å²) in [7, 11) is 0. The molecule has 0 saturated heterocycles. The Morgan fingerprint density at radius 2 is 2.06 bits per heavy atom. The average Bonchev–Trinajstić information content (AvgIpc) is 3.41. The van der Waals surface area contributed by atoms with E-state index in [0.717, 1.165) is 0 Å². The summed E-state index contributed by atoms with van der Waals surface area (Å²) in [6, 6.07) is 3.85. The van der Waals surface area contributed by atoms with Crippen molar-refractivity contribution in [2.24, 2.45) is 0 Å². The molecule has 0 saturated carbocycles. The van der Waals surface area contributed by atoms with Crippen molar-refractivity contribution in [1.82, 2.24) is 29.5 Å². The molecule has 0 spiro atoms. The highest BCUT2D eigenvalue weighted by molar-refractivity contribution is 6.04. The van der Waals surface area contributed by atoms with E-state index in [1.54, 1.807) is 23.9 Å². The molecule has 166 valence electrons. The first kappa shape index (κ1) is 21.3. The zero-order valence-electron chi connectivity index (χ0n) is 17.6. The largest absolute Gasteiger partial charge is 0.362 e. The molecule has 0 aliphatic heterocycles. The minimum Gasteiger partial charge on any atom is -0.362 e. The molecule has 0 aliphatic carbocycles. The number of carbonyl (C=O) groups excluding carboxylic acids is 1. The number of anilines is 2. The highest BCUT2D eigenvalue weighted by atomic mass is 19.1. The minimum atomic E-state index is -0.577. The number of aryl methyl sites for hydroxylation is 2. The molecule has 9 nitrogen and oxygen atoms in total. The van der Waals surface area contributed by atoms with E-state index in [-0.39, 0.29) is 12.1 Å². The number of hydrogen-bond donors (Lipinski definition) is 2. The Balaban J connectivity index is 1.49. The molecular formula is C21H22F2N8O. The second-order valence-corrected chi connectivity index (χ2v) is 7.19. The van der Waals surface area contributed by atoms with E-state index >= 15 is 0 Å². The summed E-state index contributed by atoms with van der Waals surface area (Å²) in [4.78, 5) is 21.2. The van der Waals surface area contributed by atoms with E-state index < -0.39 is 24.4 Å². The molecule has 1 aromatic carbocycles. The molecule has 0 unspecified atom stereocenters. The van der Waals surface area contributed by atoms with Crippen molar-refractivity contribution in [3.63, 3.8) is 0 Å². The van der Waals surface area contributed by atoms with Gasteiger partial charge in [0.2, 0.25) is 5.65 Å². The summed E-state index contributed by atoms with van der Waals surface area (Å²) in [5, 5.41) is 14.1. The van der Waals surface area contributed by atoms with Crippen molar-refractivity contribution < 1.29 is 13.6 Å². The van der Waals surface area contributed by atoms with Crippen molar-refractivity contribution in [3.8, 4) is 0 Å². The molecule has 0 aliphatic rings. The third-order valence-electron chi connectivity index (χ3n) is 4.89. The molecule has 0 radical (unpaired) electrons. The van der Waals surface area contributed by atoms with E-state index in [1.165, 1.54) is 29.2 Å². The Kier molecular flexibility index (Phi) is 6.06. The maximum absolute atomic E-state index is 14.5. The zero-order chi connectivity index (χ0) is 22.7. The fraction of sp³-hybridized carbons (Fsp3) is 0.286. The van der Waals surface area contributed by atoms with Crippen molar-refractivity contribution in [2.75, 3.05) is 17.3 Å². The van der Waals surface area contributed by atoms with Gasteiger partial charge in [-0.05, 0) is 32.0 Å². The fourth-order valence-electron chi connectivity index (χ4n) is 3.22. The number of alkyl halides is 1. The number of benzene rings is 1. The van der Waals surface area contributed by atoms with Gasteiger partial charge in [0, 0.05) is 24.0 Å². The molecule has 32 heavy (non-hydrogen) atoms. The first-order valence-electron chi connectivity index (χ1n) is 10.1. The molecule has 11 heteroatoms. The van der Waals surface area contributed by atoms with Gasteiger partial charge in [0.25, 0.3) is 5.91 Å². The van der Waals surface area contributed by atoms with Gasteiger partial charge in [-0.25, -0.2) is 18.7 Å². The summed E-state index contributed by atoms with van der Waals surface area (Å²) in [6.45, 7) is 3.95. The lowest BCUT2D eigenvalue weighted by atomic mass is 10.1. The van der Waals surface area contributed by atoms with E-state index in [2.05, 4.69) is 30.8 Å². The number of amides is 1. The van der Waals surface area contributed by atoms with Gasteiger partial charge in [-0.2, -0.15) is 10.2 Å². The zero-order valence-corrected chi connectivity index (χ0v) is 17.6. The van der Waals surface area contributed by atoms with Crippen molar-refractivity contribution >= 4 is 28.6 Å². The van der Waals surface area contributed by atoms with Gasteiger partial charge in [0.05, 0.1) is 36.7 Å². The van der Waals surface area contributed by atoms with Crippen LogP contribution < -0.4 is 10.6 Å². The van der Waals surface area contributed by atoms with Crippen LogP contribution in [0.3, 0.4) is 0 Å². The first-order chi connectivity index (χ1) is 15.5. The Labute approximate surface area is 182 Å². The number of hydrogen-bond acceptors (Lipinski definition) is 6. The smallest absolute Gasteiger partial charge is 0.258 e. The van der Waals surface area contributed by atoms with Gasteiger partial charge in [0.15, 0.2) is 0 Å². The monoisotopic (exact) mass is 440 g/mol. The average molecular weight is 440 g/mol. The lowest BCUT2D eigenvalue weighted by Gasteiger charge is -2.16. The third-order valence-corrected chi connectivity index (χ3v) is 4.89. The van der Waals surface area contributed by atoms with Gasteiger partial charge >= 0.3 is 0 Å². The predicted molar refractivity (Wildman–Crippen MR) is 116 cm³/mol. The Morgan fingerprint density at radius 3 is 2.84 bits per heavy atom. The SMILES string of the molecule is CCn1cc2ncc(N[C@@H](C)c3cc(NC(=O)c4cnn(CCF)c4)ccc3F)nc2n1. The summed E-state index contributed by atoms with van der Waals surface area (Å²) >= 11 is 0. The van der Waals surface area contributed by atoms with Crippen LogP contribution in [0.5, 0.6) is 0 Å². The van der Waals surface area contributed by atoms with E-state index in [4.69, 9.17) is 0 Å². The highest BCUT2D eigenvalue weighted by Gasteiger charge is 2.15. The number of carbonyl (C=O) groups is 1. The minimum absolute atomic E-state index is 0.0739. The van der Waals surface area contributed by atoms with E-state index in [9.17, 15) is 13.6 Å². The van der Waals surface area contributed by atoms with Gasteiger partial charge in [-0.15, -0.1) is 0 Å². The summed E-state index contributed by atoms with van der Waals surface area (Å²) < 4.78 is 30.0. The summed E-state index contributed by atoms with van der Waals surface area (Å²) in [5.41, 5.74) is 2.22. The van der Waals surface area contributed by atoms with Crippen molar-refractivity contribution in [1.29, 1.82) is 0 Å². The van der Waals surface area contributed by atoms with Gasteiger partial charge in [0.1, 0.15) is 23.8 Å². The van der Waals surface area contributed by atoms with E-state index in [1.807, 2.05) is 13.1 Å². The number of aromatic nitrogens is 6. The van der Waals surface area contributed by atoms with Crippen LogP contribution in [0.15, 0.2) is 43.0 Å². The molecule has 3 heterocycles. The van der Waals surface area contributed by atoms with Crippen molar-refractivity contribution in [2.45, 2.75) is 33.0 Å². The molecule has 0 bridgehead atoms. The number of halogens is 2. The van der Waals surface area contributed by atoms with Crippen LogP contribution >= 0.6 is 0 Å². The number of nitrogens with one attached hydrogen (secondary N) is 2. The molecule has 1 amide bonds. The number of rotatable bonds is 8. The number of nitrogens with zero attached hydrogens (tertiary/aromatic N) is 6. The third kappa shape index (κ3) is 4.56. The summed E-state index contributed by atoms with van der Waals surface area (Å²) in [5.74, 6) is -0.389. The Hall–Kier alpha value is -3.89. The molecule has 1 atom stereocenters. The van der Waals surface area contributed by atoms with E-state index in [0.29, 0.717) is 34.8 Å². The second-order valence-electron chi connectivity index (χ2n) is 7.19. The fourth-order valence-corrected chi connectivity index (χ4v) is 3.22. The lowest BCUT2D eigenvalue weighted by molar-refractivity contribution is 0.102. The Morgan fingerprint density at radius 1 is 1.22 bits per heavy atom. The first-order valence-corrected chi connectivity index (χ1v) is 10.1. The Bertz CT molecular complexity index is 1250. The van der Waals surface area contributed by atoms with Gasteiger partial charge in [-0.3, -0.25) is 14.2 Å². The quantitative estimate of drug-likeness (QED) is 0.434. The molecule has 3 aromatic heterocycles. The van der Waals surface area contributed by atoms with Crippen LogP contribution in [0.2, 0.25) is 0 Å². The van der Waals surface area contributed by atoms with Crippen molar-refractivity contribution in [3.05, 3.63) is 59.9 Å².